The molecule has 1 atom stereocenters. The Kier molecular flexibility index (Phi) is 5.51. The zero-order valence-corrected chi connectivity index (χ0v) is 14.2. The molecule has 24 heavy (non-hydrogen) atoms. The summed E-state index contributed by atoms with van der Waals surface area (Å²) in [6.07, 6.45) is 8.20. The number of amides is 2. The van der Waals surface area contributed by atoms with Gasteiger partial charge in [0.25, 0.3) is 0 Å². The van der Waals surface area contributed by atoms with Crippen molar-refractivity contribution in [1.82, 2.24) is 4.90 Å². The van der Waals surface area contributed by atoms with Crippen molar-refractivity contribution >= 4 is 17.5 Å². The predicted octanol–water partition coefficient (Wildman–Crippen LogP) is 2.62. The second-order valence-corrected chi connectivity index (χ2v) is 7.04. The molecule has 0 bridgehead atoms. The van der Waals surface area contributed by atoms with Crippen LogP contribution in [0.4, 0.5) is 5.69 Å². The Morgan fingerprint density at radius 2 is 1.75 bits per heavy atom. The lowest BCUT2D eigenvalue weighted by Crippen LogP contribution is -2.43. The van der Waals surface area contributed by atoms with Crippen molar-refractivity contribution in [3.8, 4) is 0 Å². The second-order valence-electron chi connectivity index (χ2n) is 7.04. The normalized spacial score (nSPS) is 22.4. The topological polar surface area (TPSA) is 75.4 Å². The lowest BCUT2D eigenvalue weighted by atomic mass is 9.84. The smallest absolute Gasteiger partial charge is 0.238 e. The van der Waals surface area contributed by atoms with E-state index in [9.17, 15) is 9.59 Å². The van der Waals surface area contributed by atoms with Gasteiger partial charge in [-0.2, -0.15) is 0 Å². The quantitative estimate of drug-likeness (QED) is 0.872. The Hall–Kier alpha value is -1.88. The van der Waals surface area contributed by atoms with E-state index in [1.807, 2.05) is 17.0 Å². The molecule has 3 N–H and O–H groups in total. The monoisotopic (exact) mass is 329 g/mol. The van der Waals surface area contributed by atoms with Gasteiger partial charge in [0.1, 0.15) is 0 Å². The fraction of sp³-hybridized carbons (Fsp3) is 0.579. The third-order valence-electron chi connectivity index (χ3n) is 5.31. The molecule has 0 radical (unpaired) electrons. The molecule has 5 heteroatoms. The minimum absolute atomic E-state index is 0.0893. The molecular weight excluding hydrogens is 302 g/mol. The lowest BCUT2D eigenvalue weighted by Gasteiger charge is -2.22. The van der Waals surface area contributed by atoms with Crippen molar-refractivity contribution in [2.75, 3.05) is 18.4 Å². The minimum atomic E-state index is -0.336. The van der Waals surface area contributed by atoms with Crippen LogP contribution < -0.4 is 11.1 Å². The molecule has 1 aliphatic carbocycles. The summed E-state index contributed by atoms with van der Waals surface area (Å²) in [7, 11) is 0. The number of nitrogens with one attached hydrogen (secondary N) is 1. The van der Waals surface area contributed by atoms with Gasteiger partial charge in [0.05, 0.1) is 12.6 Å². The van der Waals surface area contributed by atoms with Gasteiger partial charge in [0, 0.05) is 5.69 Å². The molecular formula is C19H27N3O2. The van der Waals surface area contributed by atoms with Gasteiger partial charge in [-0.25, -0.2) is 0 Å². The van der Waals surface area contributed by atoms with Gasteiger partial charge < -0.3 is 11.1 Å². The van der Waals surface area contributed by atoms with Crippen molar-refractivity contribution in [3.63, 3.8) is 0 Å². The number of nitrogens with zero attached hydrogens (tertiary/aromatic N) is 1. The Labute approximate surface area is 143 Å². The Morgan fingerprint density at radius 3 is 2.42 bits per heavy atom. The summed E-state index contributed by atoms with van der Waals surface area (Å²) < 4.78 is 0. The molecule has 1 aliphatic heterocycles. The molecule has 1 aromatic rings. The zero-order chi connectivity index (χ0) is 16.9. The summed E-state index contributed by atoms with van der Waals surface area (Å²) in [5.74, 6) is 0.245. The van der Waals surface area contributed by atoms with Gasteiger partial charge in [0.15, 0.2) is 0 Å². The number of hydrogen-bond acceptors (Lipinski definition) is 3. The highest BCUT2D eigenvalue weighted by Gasteiger charge is 2.30. The number of nitrogens with two attached hydrogens (primary N) is 1. The number of anilines is 1. The summed E-state index contributed by atoms with van der Waals surface area (Å²) in [4.78, 5) is 25.5. The Balaban J connectivity index is 1.53. The van der Waals surface area contributed by atoms with Gasteiger partial charge in [-0.3, -0.25) is 14.5 Å². The van der Waals surface area contributed by atoms with E-state index in [1.54, 1.807) is 0 Å². The average Bonchev–Trinajstić information content (AvgIpc) is 3.04. The van der Waals surface area contributed by atoms with Crippen LogP contribution in [0.25, 0.3) is 0 Å². The van der Waals surface area contributed by atoms with Gasteiger partial charge in [-0.1, -0.05) is 31.4 Å². The molecule has 2 fully saturated rings. The maximum Gasteiger partial charge on any atom is 0.238 e. The van der Waals surface area contributed by atoms with Crippen LogP contribution in [0.15, 0.2) is 24.3 Å². The number of hydrogen-bond donors (Lipinski definition) is 2. The number of carbonyl (C=O) groups is 2. The largest absolute Gasteiger partial charge is 0.368 e. The molecule has 1 aromatic carbocycles. The summed E-state index contributed by atoms with van der Waals surface area (Å²) >= 11 is 0. The van der Waals surface area contributed by atoms with Crippen LogP contribution in [-0.4, -0.2) is 35.8 Å². The molecule has 1 saturated heterocycles. The maximum atomic E-state index is 12.2. The predicted molar refractivity (Wildman–Crippen MR) is 94.7 cm³/mol. The van der Waals surface area contributed by atoms with Crippen molar-refractivity contribution in [2.45, 2.75) is 56.9 Å². The number of primary amides is 1. The fourth-order valence-corrected chi connectivity index (χ4v) is 4.00. The highest BCUT2D eigenvalue weighted by molar-refractivity contribution is 5.92. The standard InChI is InChI=1S/C19H27N3O2/c20-19(24)17-7-4-12-22(17)13-18(23)21-16-10-8-15(9-11-16)14-5-2-1-3-6-14/h8-11,14,17H,1-7,12-13H2,(H2,20,24)(H,21,23). The molecule has 0 aromatic heterocycles. The molecule has 130 valence electrons. The van der Waals surface area contributed by atoms with Crippen molar-refractivity contribution in [2.24, 2.45) is 5.73 Å². The highest BCUT2D eigenvalue weighted by atomic mass is 16.2. The molecule has 1 heterocycles. The third kappa shape index (κ3) is 4.15. The highest BCUT2D eigenvalue weighted by Crippen LogP contribution is 2.32. The Morgan fingerprint density at radius 1 is 1.04 bits per heavy atom. The summed E-state index contributed by atoms with van der Waals surface area (Å²) in [5, 5.41) is 2.93. The first-order valence-corrected chi connectivity index (χ1v) is 9.06. The lowest BCUT2D eigenvalue weighted by molar-refractivity contribution is -0.123. The van der Waals surface area contributed by atoms with Crippen molar-refractivity contribution in [1.29, 1.82) is 0 Å². The molecule has 0 spiro atoms. The van der Waals surface area contributed by atoms with Crippen molar-refractivity contribution < 1.29 is 9.59 Å². The molecule has 2 aliphatic rings. The van der Waals surface area contributed by atoms with Gasteiger partial charge in [-0.15, -0.1) is 0 Å². The number of carbonyl (C=O) groups excluding carboxylic acids is 2. The molecule has 1 unspecified atom stereocenters. The van der Waals surface area contributed by atoms with E-state index in [-0.39, 0.29) is 24.4 Å². The number of benzene rings is 1. The second kappa shape index (κ2) is 7.79. The van der Waals surface area contributed by atoms with Crippen LogP contribution in [-0.2, 0) is 9.59 Å². The third-order valence-corrected chi connectivity index (χ3v) is 5.31. The van der Waals surface area contributed by atoms with E-state index in [4.69, 9.17) is 5.73 Å². The van der Waals surface area contributed by atoms with Crippen LogP contribution >= 0.6 is 0 Å². The van der Waals surface area contributed by atoms with E-state index in [1.165, 1.54) is 37.7 Å². The first-order valence-electron chi connectivity index (χ1n) is 9.06. The van der Waals surface area contributed by atoms with Crippen LogP contribution in [0.2, 0.25) is 0 Å². The van der Waals surface area contributed by atoms with E-state index in [0.717, 1.165) is 25.1 Å². The van der Waals surface area contributed by atoms with Gasteiger partial charge in [0.2, 0.25) is 11.8 Å². The first kappa shape index (κ1) is 17.0. The van der Waals surface area contributed by atoms with Gasteiger partial charge in [-0.05, 0) is 55.8 Å². The van der Waals surface area contributed by atoms with Crippen LogP contribution in [0.3, 0.4) is 0 Å². The van der Waals surface area contributed by atoms with Crippen molar-refractivity contribution in [3.05, 3.63) is 29.8 Å². The van der Waals surface area contributed by atoms with Gasteiger partial charge >= 0.3 is 0 Å². The maximum absolute atomic E-state index is 12.2. The number of rotatable bonds is 5. The average molecular weight is 329 g/mol. The van der Waals surface area contributed by atoms with Crippen LogP contribution in [0, 0.1) is 0 Å². The fourth-order valence-electron chi connectivity index (χ4n) is 4.00. The first-order chi connectivity index (χ1) is 11.6. The molecule has 3 rings (SSSR count). The Bertz CT molecular complexity index is 579. The zero-order valence-electron chi connectivity index (χ0n) is 14.2. The molecule has 1 saturated carbocycles. The molecule has 5 nitrogen and oxygen atoms in total. The van der Waals surface area contributed by atoms with E-state index in [2.05, 4.69) is 17.4 Å². The van der Waals surface area contributed by atoms with Crippen LogP contribution in [0.5, 0.6) is 0 Å². The SMILES string of the molecule is NC(=O)C1CCCN1CC(=O)Nc1ccc(C2CCCCC2)cc1. The van der Waals surface area contributed by atoms with Crippen LogP contribution in [0.1, 0.15) is 56.4 Å². The van der Waals surface area contributed by atoms with E-state index < -0.39 is 0 Å². The number of likely N-dealkylation sites (tertiary alicyclic amines) is 1. The minimum Gasteiger partial charge on any atom is -0.368 e. The van der Waals surface area contributed by atoms with E-state index >= 15 is 0 Å². The summed E-state index contributed by atoms with van der Waals surface area (Å²) in [6.45, 7) is 0.972. The molecule has 2 amide bonds. The summed E-state index contributed by atoms with van der Waals surface area (Å²) in [5.41, 5.74) is 7.58. The van der Waals surface area contributed by atoms with E-state index in [0.29, 0.717) is 5.92 Å². The summed E-state index contributed by atoms with van der Waals surface area (Å²) in [6, 6.07) is 7.93.